The van der Waals surface area contributed by atoms with Crippen molar-refractivity contribution < 1.29 is 17.9 Å². The molecule has 0 unspecified atom stereocenters. The van der Waals surface area contributed by atoms with Crippen molar-refractivity contribution >= 4 is 34.7 Å². The summed E-state index contributed by atoms with van der Waals surface area (Å²) in [6.45, 7) is 4.56. The van der Waals surface area contributed by atoms with Gasteiger partial charge in [-0.15, -0.1) is 0 Å². The lowest BCUT2D eigenvalue weighted by atomic mass is 10.2. The first kappa shape index (κ1) is 20.4. The first-order chi connectivity index (χ1) is 13.3. The van der Waals surface area contributed by atoms with Crippen LogP contribution in [0.25, 0.3) is 0 Å². The van der Waals surface area contributed by atoms with Gasteiger partial charge in [-0.3, -0.25) is 4.90 Å². The number of hydrogen-bond acceptors (Lipinski definition) is 8. The van der Waals surface area contributed by atoms with Gasteiger partial charge in [-0.2, -0.15) is 13.2 Å². The van der Waals surface area contributed by atoms with Gasteiger partial charge >= 0.3 is 6.18 Å². The average molecular weight is 418 g/mol. The third kappa shape index (κ3) is 5.12. The van der Waals surface area contributed by atoms with Gasteiger partial charge in [-0.1, -0.05) is 11.6 Å². The average Bonchev–Trinajstić information content (AvgIpc) is 2.66. The van der Waals surface area contributed by atoms with E-state index in [-0.39, 0.29) is 22.3 Å². The molecule has 0 spiro atoms. The number of anilines is 4. The van der Waals surface area contributed by atoms with Gasteiger partial charge in [0.15, 0.2) is 11.6 Å². The van der Waals surface area contributed by atoms with Crippen molar-refractivity contribution in [3.63, 3.8) is 0 Å². The molecule has 2 aromatic rings. The number of nitrogen functional groups attached to an aromatic ring is 1. The number of nitrogens with two attached hydrogens (primary N) is 1. The second kappa shape index (κ2) is 8.76. The fourth-order valence-electron chi connectivity index (χ4n) is 2.59. The molecule has 1 saturated heterocycles. The molecule has 28 heavy (non-hydrogen) atoms. The fraction of sp³-hybridized carbons (Fsp3) is 0.438. The van der Waals surface area contributed by atoms with Gasteiger partial charge < -0.3 is 21.1 Å². The molecule has 152 valence electrons. The third-order valence-electron chi connectivity index (χ3n) is 4.11. The Labute approximate surface area is 164 Å². The molecule has 12 heteroatoms. The van der Waals surface area contributed by atoms with Crippen LogP contribution in [0.4, 0.5) is 36.3 Å². The van der Waals surface area contributed by atoms with E-state index in [0.717, 1.165) is 25.7 Å². The molecule has 0 aromatic carbocycles. The molecule has 0 bridgehead atoms. The summed E-state index contributed by atoms with van der Waals surface area (Å²) in [6.07, 6.45) is -2.55. The standard InChI is InChI=1S/C16H19ClF3N7O/c17-11-7-10(16(18,19)20)8-23-13(11)26-15-12(21)14(24-9-25-15)22-1-2-27-3-5-28-6-4-27/h7-9H,1-6,21H2,(H2,22,23,24,25,26). The van der Waals surface area contributed by atoms with E-state index >= 15 is 0 Å². The molecule has 1 fully saturated rings. The molecule has 3 heterocycles. The summed E-state index contributed by atoms with van der Waals surface area (Å²) in [7, 11) is 0. The van der Waals surface area contributed by atoms with Crippen molar-refractivity contribution in [2.75, 3.05) is 55.8 Å². The SMILES string of the molecule is Nc1c(NCCN2CCOCC2)ncnc1Nc1ncc(C(F)(F)F)cc1Cl. The molecule has 8 nitrogen and oxygen atoms in total. The van der Waals surface area contributed by atoms with Crippen LogP contribution in [0.5, 0.6) is 0 Å². The maximum absolute atomic E-state index is 12.7. The molecule has 1 aliphatic rings. The smallest absolute Gasteiger partial charge is 0.393 e. The van der Waals surface area contributed by atoms with E-state index in [2.05, 4.69) is 30.5 Å². The zero-order valence-electron chi connectivity index (χ0n) is 14.8. The van der Waals surface area contributed by atoms with E-state index in [1.54, 1.807) is 0 Å². The van der Waals surface area contributed by atoms with Crippen LogP contribution < -0.4 is 16.4 Å². The van der Waals surface area contributed by atoms with E-state index in [1.807, 2.05) is 0 Å². The topological polar surface area (TPSA) is 101 Å². The first-order valence-electron chi connectivity index (χ1n) is 8.49. The Balaban J connectivity index is 1.65. The number of pyridine rings is 1. The summed E-state index contributed by atoms with van der Waals surface area (Å²) in [5, 5.41) is 5.68. The van der Waals surface area contributed by atoms with Gasteiger partial charge in [0.05, 0.1) is 23.8 Å². The quantitative estimate of drug-likeness (QED) is 0.659. The second-order valence-electron chi connectivity index (χ2n) is 6.04. The van der Waals surface area contributed by atoms with Crippen LogP contribution in [0.1, 0.15) is 5.56 Å². The number of aromatic nitrogens is 3. The van der Waals surface area contributed by atoms with Crippen molar-refractivity contribution in [3.8, 4) is 0 Å². The predicted molar refractivity (Wildman–Crippen MR) is 99.7 cm³/mol. The van der Waals surface area contributed by atoms with Crippen LogP contribution in [0.15, 0.2) is 18.6 Å². The van der Waals surface area contributed by atoms with Crippen molar-refractivity contribution in [1.29, 1.82) is 0 Å². The number of morpholine rings is 1. The van der Waals surface area contributed by atoms with E-state index in [0.29, 0.717) is 31.8 Å². The van der Waals surface area contributed by atoms with Crippen molar-refractivity contribution in [1.82, 2.24) is 19.9 Å². The Morgan fingerprint density at radius 2 is 1.86 bits per heavy atom. The monoisotopic (exact) mass is 417 g/mol. The highest BCUT2D eigenvalue weighted by Crippen LogP contribution is 2.34. The summed E-state index contributed by atoms with van der Waals surface area (Å²) in [5.74, 6) is 0.617. The van der Waals surface area contributed by atoms with E-state index in [1.165, 1.54) is 6.33 Å². The molecule has 0 atom stereocenters. The van der Waals surface area contributed by atoms with Gasteiger partial charge in [-0.05, 0) is 6.07 Å². The molecule has 0 amide bonds. The predicted octanol–water partition coefficient (Wildman–Crippen LogP) is 2.61. The van der Waals surface area contributed by atoms with Crippen LogP contribution in [0.3, 0.4) is 0 Å². The Kier molecular flexibility index (Phi) is 6.37. The highest BCUT2D eigenvalue weighted by molar-refractivity contribution is 6.33. The number of ether oxygens (including phenoxy) is 1. The summed E-state index contributed by atoms with van der Waals surface area (Å²) in [4.78, 5) is 14.1. The number of rotatable bonds is 6. The largest absolute Gasteiger partial charge is 0.417 e. The van der Waals surface area contributed by atoms with Gasteiger partial charge in [0.2, 0.25) is 0 Å². The van der Waals surface area contributed by atoms with E-state index in [4.69, 9.17) is 22.1 Å². The number of nitrogens with one attached hydrogen (secondary N) is 2. The highest BCUT2D eigenvalue weighted by Gasteiger charge is 2.31. The van der Waals surface area contributed by atoms with Crippen molar-refractivity contribution in [2.45, 2.75) is 6.18 Å². The van der Waals surface area contributed by atoms with Crippen molar-refractivity contribution in [3.05, 3.63) is 29.2 Å². The third-order valence-corrected chi connectivity index (χ3v) is 4.40. The summed E-state index contributed by atoms with van der Waals surface area (Å²) >= 11 is 5.91. The summed E-state index contributed by atoms with van der Waals surface area (Å²) < 4.78 is 43.5. The van der Waals surface area contributed by atoms with Crippen molar-refractivity contribution in [2.24, 2.45) is 0 Å². The molecule has 4 N–H and O–H groups in total. The number of alkyl halides is 3. The molecule has 1 aliphatic heterocycles. The minimum atomic E-state index is -4.53. The Hall–Kier alpha value is -2.37. The molecule has 3 rings (SSSR count). The minimum Gasteiger partial charge on any atom is -0.393 e. The van der Waals surface area contributed by atoms with Gasteiger partial charge in [-0.25, -0.2) is 15.0 Å². The maximum atomic E-state index is 12.7. The lowest BCUT2D eigenvalue weighted by molar-refractivity contribution is -0.137. The molecule has 0 aliphatic carbocycles. The number of nitrogens with zero attached hydrogens (tertiary/aromatic N) is 4. The molecule has 0 saturated carbocycles. The van der Waals surface area contributed by atoms with Gasteiger partial charge in [0, 0.05) is 32.4 Å². The van der Waals surface area contributed by atoms with Crippen LogP contribution >= 0.6 is 11.6 Å². The summed E-state index contributed by atoms with van der Waals surface area (Å²) in [6, 6.07) is 0.787. The van der Waals surface area contributed by atoms with E-state index in [9.17, 15) is 13.2 Å². The van der Waals surface area contributed by atoms with Gasteiger partial charge in [0.25, 0.3) is 0 Å². The number of hydrogen-bond donors (Lipinski definition) is 3. The van der Waals surface area contributed by atoms with Crippen LogP contribution in [-0.4, -0.2) is 59.2 Å². The van der Waals surface area contributed by atoms with E-state index < -0.39 is 11.7 Å². The number of halogens is 4. The van der Waals surface area contributed by atoms with Crippen LogP contribution in [-0.2, 0) is 10.9 Å². The Morgan fingerprint density at radius 3 is 2.54 bits per heavy atom. The molecule has 0 radical (unpaired) electrons. The zero-order chi connectivity index (χ0) is 20.1. The Morgan fingerprint density at radius 1 is 1.14 bits per heavy atom. The normalized spacial score (nSPS) is 15.4. The Bertz CT molecular complexity index is 815. The fourth-order valence-corrected chi connectivity index (χ4v) is 2.80. The zero-order valence-corrected chi connectivity index (χ0v) is 15.5. The molecule has 2 aromatic heterocycles. The molecular weight excluding hydrogens is 399 g/mol. The van der Waals surface area contributed by atoms with Gasteiger partial charge in [0.1, 0.15) is 17.8 Å². The highest BCUT2D eigenvalue weighted by atomic mass is 35.5. The minimum absolute atomic E-state index is 0.0133. The first-order valence-corrected chi connectivity index (χ1v) is 8.86. The van der Waals surface area contributed by atoms with Crippen LogP contribution in [0, 0.1) is 0 Å². The van der Waals surface area contributed by atoms with Crippen LogP contribution in [0.2, 0.25) is 5.02 Å². The maximum Gasteiger partial charge on any atom is 0.417 e. The second-order valence-corrected chi connectivity index (χ2v) is 6.45. The molecular formula is C16H19ClF3N7O. The summed E-state index contributed by atoms with van der Waals surface area (Å²) in [5.41, 5.74) is 5.33. The lowest BCUT2D eigenvalue weighted by Crippen LogP contribution is -2.39. The lowest BCUT2D eigenvalue weighted by Gasteiger charge is -2.26.